The average Bonchev–Trinajstić information content (AvgIpc) is 2.63. The first-order valence-electron chi connectivity index (χ1n) is 8.68. The number of guanidine groups is 1. The zero-order chi connectivity index (χ0) is 19.2. The van der Waals surface area contributed by atoms with Gasteiger partial charge >= 0.3 is 6.18 Å². The number of benzene rings is 1. The number of ether oxygens (including phenoxy) is 1. The second-order valence-electron chi connectivity index (χ2n) is 6.39. The van der Waals surface area contributed by atoms with Gasteiger partial charge in [-0.05, 0) is 18.1 Å². The predicted molar refractivity (Wildman–Crippen MR) is 111 cm³/mol. The van der Waals surface area contributed by atoms with Crippen LogP contribution in [0.5, 0.6) is 0 Å². The lowest BCUT2D eigenvalue weighted by molar-refractivity contribution is -0.181. The minimum absolute atomic E-state index is 0. The predicted octanol–water partition coefficient (Wildman–Crippen LogP) is 3.09. The van der Waals surface area contributed by atoms with Crippen LogP contribution in [-0.4, -0.2) is 68.3 Å². The molecule has 0 radical (unpaired) electrons. The summed E-state index contributed by atoms with van der Waals surface area (Å²) in [6.45, 7) is 4.19. The van der Waals surface area contributed by atoms with Crippen LogP contribution in [0.3, 0.4) is 0 Å². The van der Waals surface area contributed by atoms with Gasteiger partial charge in [-0.15, -0.1) is 24.0 Å². The van der Waals surface area contributed by atoms with Crippen LogP contribution in [0.4, 0.5) is 13.2 Å². The zero-order valence-corrected chi connectivity index (χ0v) is 18.3. The van der Waals surface area contributed by atoms with Crippen molar-refractivity contribution in [1.82, 2.24) is 15.1 Å². The summed E-state index contributed by atoms with van der Waals surface area (Å²) >= 11 is 0. The molecule has 1 saturated heterocycles. The molecule has 1 aliphatic heterocycles. The first-order chi connectivity index (χ1) is 12.3. The minimum atomic E-state index is -4.18. The molecule has 154 valence electrons. The molecular formula is C18H28F3IN4O. The molecule has 1 N–H and O–H groups in total. The second-order valence-corrected chi connectivity index (χ2v) is 6.39. The van der Waals surface area contributed by atoms with E-state index in [1.165, 1.54) is 11.8 Å². The molecule has 0 aromatic heterocycles. The summed E-state index contributed by atoms with van der Waals surface area (Å²) in [5.74, 6) is 0.713. The number of hydrogen-bond donors (Lipinski definition) is 1. The maximum atomic E-state index is 12.8. The number of nitrogens with zero attached hydrogens (tertiary/aromatic N) is 3. The van der Waals surface area contributed by atoms with Crippen LogP contribution < -0.4 is 5.32 Å². The van der Waals surface area contributed by atoms with E-state index >= 15 is 0 Å². The molecule has 1 aliphatic rings. The van der Waals surface area contributed by atoms with Crippen molar-refractivity contribution in [3.63, 3.8) is 0 Å². The van der Waals surface area contributed by atoms with Gasteiger partial charge in [-0.1, -0.05) is 24.3 Å². The lowest BCUT2D eigenvalue weighted by Gasteiger charge is -2.39. The summed E-state index contributed by atoms with van der Waals surface area (Å²) in [6.07, 6.45) is -4.18. The van der Waals surface area contributed by atoms with Crippen LogP contribution >= 0.6 is 24.0 Å². The SMILES string of the molecule is CN=C(NCc1ccc(COC)cc1)N1CCN(C(C)C(F)(F)F)CC1.I. The van der Waals surface area contributed by atoms with E-state index in [1.807, 2.05) is 29.2 Å². The van der Waals surface area contributed by atoms with Crippen LogP contribution in [0.15, 0.2) is 29.3 Å². The van der Waals surface area contributed by atoms with Gasteiger partial charge in [0.2, 0.25) is 0 Å². The number of nitrogens with one attached hydrogen (secondary N) is 1. The number of halogens is 4. The highest BCUT2D eigenvalue weighted by atomic mass is 127. The van der Waals surface area contributed by atoms with Crippen molar-refractivity contribution in [3.05, 3.63) is 35.4 Å². The molecule has 0 aliphatic carbocycles. The Morgan fingerprint density at radius 1 is 1.15 bits per heavy atom. The van der Waals surface area contributed by atoms with Gasteiger partial charge in [0.05, 0.1) is 6.61 Å². The van der Waals surface area contributed by atoms with Gasteiger partial charge in [0, 0.05) is 46.9 Å². The highest BCUT2D eigenvalue weighted by molar-refractivity contribution is 14.0. The van der Waals surface area contributed by atoms with E-state index in [0.717, 1.165) is 11.1 Å². The normalized spacial score (nSPS) is 17.4. The highest BCUT2D eigenvalue weighted by Crippen LogP contribution is 2.25. The monoisotopic (exact) mass is 500 g/mol. The molecule has 0 saturated carbocycles. The molecular weight excluding hydrogens is 472 g/mol. The van der Waals surface area contributed by atoms with Gasteiger partial charge in [0.25, 0.3) is 0 Å². The number of aliphatic imine (C=N–C) groups is 1. The van der Waals surface area contributed by atoms with Gasteiger partial charge in [0.1, 0.15) is 6.04 Å². The Morgan fingerprint density at radius 3 is 2.19 bits per heavy atom. The Bertz CT molecular complexity index is 587. The lowest BCUT2D eigenvalue weighted by atomic mass is 10.1. The smallest absolute Gasteiger partial charge is 0.380 e. The molecule has 1 aromatic rings. The summed E-state index contributed by atoms with van der Waals surface area (Å²) in [4.78, 5) is 7.73. The Kier molecular flexibility index (Phi) is 9.82. The number of piperazine rings is 1. The number of hydrogen-bond acceptors (Lipinski definition) is 3. The highest BCUT2D eigenvalue weighted by Gasteiger charge is 2.41. The minimum Gasteiger partial charge on any atom is -0.380 e. The molecule has 1 atom stereocenters. The molecule has 1 fully saturated rings. The van der Waals surface area contributed by atoms with Crippen molar-refractivity contribution in [3.8, 4) is 0 Å². The van der Waals surface area contributed by atoms with Crippen molar-refractivity contribution in [1.29, 1.82) is 0 Å². The molecule has 2 rings (SSSR count). The zero-order valence-electron chi connectivity index (χ0n) is 15.9. The van der Waals surface area contributed by atoms with E-state index in [0.29, 0.717) is 45.3 Å². The molecule has 27 heavy (non-hydrogen) atoms. The third-order valence-corrected chi connectivity index (χ3v) is 4.63. The molecule has 1 aromatic carbocycles. The van der Waals surface area contributed by atoms with E-state index in [-0.39, 0.29) is 24.0 Å². The number of methoxy groups -OCH3 is 1. The topological polar surface area (TPSA) is 40.1 Å². The second kappa shape index (κ2) is 11.1. The van der Waals surface area contributed by atoms with Crippen LogP contribution in [-0.2, 0) is 17.9 Å². The van der Waals surface area contributed by atoms with Gasteiger partial charge in [0.15, 0.2) is 5.96 Å². The van der Waals surface area contributed by atoms with Crippen LogP contribution in [0, 0.1) is 0 Å². The fraction of sp³-hybridized carbons (Fsp3) is 0.611. The Morgan fingerprint density at radius 2 is 1.70 bits per heavy atom. The summed E-state index contributed by atoms with van der Waals surface area (Å²) in [6, 6.07) is 6.67. The van der Waals surface area contributed by atoms with Crippen molar-refractivity contribution < 1.29 is 17.9 Å². The summed E-state index contributed by atoms with van der Waals surface area (Å²) < 4.78 is 43.6. The van der Waals surface area contributed by atoms with Crippen molar-refractivity contribution in [2.45, 2.75) is 32.3 Å². The fourth-order valence-electron chi connectivity index (χ4n) is 2.96. The third kappa shape index (κ3) is 7.11. The molecule has 5 nitrogen and oxygen atoms in total. The summed E-state index contributed by atoms with van der Waals surface area (Å²) in [7, 11) is 3.35. The lowest BCUT2D eigenvalue weighted by Crippen LogP contribution is -2.56. The van der Waals surface area contributed by atoms with Crippen LogP contribution in [0.1, 0.15) is 18.1 Å². The van der Waals surface area contributed by atoms with Gasteiger partial charge < -0.3 is 15.0 Å². The Hall–Kier alpha value is -1.07. The van der Waals surface area contributed by atoms with E-state index in [9.17, 15) is 13.2 Å². The standard InChI is InChI=1S/C18H27F3N4O.HI/c1-14(18(19,20)21)24-8-10-25(11-9-24)17(22-2)23-12-15-4-6-16(7-5-15)13-26-3;/h4-7,14H,8-13H2,1-3H3,(H,22,23);1H. The molecule has 0 spiro atoms. The summed E-state index contributed by atoms with van der Waals surface area (Å²) in [5, 5.41) is 3.29. The molecule has 0 bridgehead atoms. The van der Waals surface area contributed by atoms with Gasteiger partial charge in [-0.2, -0.15) is 13.2 Å². The van der Waals surface area contributed by atoms with Crippen molar-refractivity contribution in [2.24, 2.45) is 4.99 Å². The molecule has 0 amide bonds. The van der Waals surface area contributed by atoms with Crippen molar-refractivity contribution >= 4 is 29.9 Å². The first-order valence-corrected chi connectivity index (χ1v) is 8.68. The number of rotatable bonds is 5. The van der Waals surface area contributed by atoms with Crippen LogP contribution in [0.25, 0.3) is 0 Å². The number of alkyl halides is 3. The van der Waals surface area contributed by atoms with E-state index in [2.05, 4.69) is 10.3 Å². The first kappa shape index (κ1) is 24.0. The van der Waals surface area contributed by atoms with Gasteiger partial charge in [-0.25, -0.2) is 0 Å². The molecule has 9 heteroatoms. The average molecular weight is 500 g/mol. The van der Waals surface area contributed by atoms with E-state index in [4.69, 9.17) is 4.74 Å². The van der Waals surface area contributed by atoms with Crippen LogP contribution in [0.2, 0.25) is 0 Å². The fourth-order valence-corrected chi connectivity index (χ4v) is 2.96. The molecule has 1 heterocycles. The maximum absolute atomic E-state index is 12.8. The quantitative estimate of drug-likeness (QED) is 0.384. The largest absolute Gasteiger partial charge is 0.403 e. The third-order valence-electron chi connectivity index (χ3n) is 4.63. The maximum Gasteiger partial charge on any atom is 0.403 e. The summed E-state index contributed by atoms with van der Waals surface area (Å²) in [5.41, 5.74) is 2.21. The Labute approximate surface area is 176 Å². The van der Waals surface area contributed by atoms with E-state index < -0.39 is 12.2 Å². The Balaban J connectivity index is 0.00000364. The van der Waals surface area contributed by atoms with Gasteiger partial charge in [-0.3, -0.25) is 9.89 Å². The van der Waals surface area contributed by atoms with E-state index in [1.54, 1.807) is 14.2 Å². The molecule has 1 unspecified atom stereocenters. The van der Waals surface area contributed by atoms with Crippen molar-refractivity contribution in [2.75, 3.05) is 40.3 Å².